The minimum absolute atomic E-state index is 0.0380. The Morgan fingerprint density at radius 3 is 2.27 bits per heavy atom. The predicted molar refractivity (Wildman–Crippen MR) is 115 cm³/mol. The highest BCUT2D eigenvalue weighted by Crippen LogP contribution is 2.55. The van der Waals surface area contributed by atoms with Crippen LogP contribution in [-0.4, -0.2) is 0 Å². The highest BCUT2D eigenvalue weighted by molar-refractivity contribution is 9.10. The van der Waals surface area contributed by atoms with Gasteiger partial charge in [-0.2, -0.15) is 0 Å². The van der Waals surface area contributed by atoms with Gasteiger partial charge in [-0.25, -0.2) is 0 Å². The zero-order chi connectivity index (χ0) is 17.9. The molecule has 0 heterocycles. The smallest absolute Gasteiger partial charge is 0.0178 e. The van der Waals surface area contributed by atoms with Gasteiger partial charge in [0.25, 0.3) is 0 Å². The minimum atomic E-state index is -0.0380. The van der Waals surface area contributed by atoms with Crippen LogP contribution in [0.25, 0.3) is 33.0 Å². The molecular formula is C25H19Br. The standard InChI is InChI=1S/C25H19Br/c1-25(2)22-15-18(26)12-13-20(22)23-19-11-7-6-10-17(19)14-21(24(23)25)16-8-4-3-5-9-16/h3-15H,1-2H3. The summed E-state index contributed by atoms with van der Waals surface area (Å²) in [7, 11) is 0. The highest BCUT2D eigenvalue weighted by atomic mass is 79.9. The lowest BCUT2D eigenvalue weighted by Crippen LogP contribution is -2.16. The first kappa shape index (κ1) is 15.8. The molecule has 4 aromatic rings. The Bertz CT molecular complexity index is 1150. The maximum absolute atomic E-state index is 3.67. The topological polar surface area (TPSA) is 0 Å². The van der Waals surface area contributed by atoms with Gasteiger partial charge in [-0.15, -0.1) is 0 Å². The first-order valence-electron chi connectivity index (χ1n) is 8.99. The van der Waals surface area contributed by atoms with Crippen molar-refractivity contribution < 1.29 is 0 Å². The van der Waals surface area contributed by atoms with Crippen LogP contribution in [-0.2, 0) is 5.41 Å². The molecule has 0 aliphatic heterocycles. The fourth-order valence-corrected chi connectivity index (χ4v) is 4.87. The van der Waals surface area contributed by atoms with Crippen molar-refractivity contribution in [3.8, 4) is 22.3 Å². The van der Waals surface area contributed by atoms with E-state index in [1.165, 1.54) is 44.2 Å². The van der Waals surface area contributed by atoms with Gasteiger partial charge in [-0.05, 0) is 62.4 Å². The van der Waals surface area contributed by atoms with E-state index in [1.54, 1.807) is 0 Å². The summed E-state index contributed by atoms with van der Waals surface area (Å²) in [6.07, 6.45) is 0. The molecule has 0 amide bonds. The third-order valence-electron chi connectivity index (χ3n) is 5.68. The van der Waals surface area contributed by atoms with E-state index in [2.05, 4.69) is 109 Å². The van der Waals surface area contributed by atoms with Crippen molar-refractivity contribution in [3.05, 3.63) is 94.5 Å². The van der Waals surface area contributed by atoms with Gasteiger partial charge < -0.3 is 0 Å². The molecular weight excluding hydrogens is 380 g/mol. The second-order valence-electron chi connectivity index (χ2n) is 7.58. The summed E-state index contributed by atoms with van der Waals surface area (Å²) in [6.45, 7) is 4.70. The lowest BCUT2D eigenvalue weighted by molar-refractivity contribution is 0.662. The van der Waals surface area contributed by atoms with Crippen molar-refractivity contribution in [1.82, 2.24) is 0 Å². The lowest BCUT2D eigenvalue weighted by Gasteiger charge is -2.25. The molecule has 0 unspecified atom stereocenters. The number of hydrogen-bond acceptors (Lipinski definition) is 0. The number of rotatable bonds is 1. The van der Waals surface area contributed by atoms with Gasteiger partial charge in [-0.1, -0.05) is 90.4 Å². The Morgan fingerprint density at radius 2 is 1.46 bits per heavy atom. The van der Waals surface area contributed by atoms with Crippen LogP contribution in [0.5, 0.6) is 0 Å². The summed E-state index contributed by atoms with van der Waals surface area (Å²) < 4.78 is 1.14. The van der Waals surface area contributed by atoms with Gasteiger partial charge in [0.2, 0.25) is 0 Å². The first-order valence-corrected chi connectivity index (χ1v) is 9.79. The van der Waals surface area contributed by atoms with E-state index in [0.717, 1.165) is 4.47 Å². The molecule has 0 atom stereocenters. The monoisotopic (exact) mass is 398 g/mol. The van der Waals surface area contributed by atoms with Crippen LogP contribution in [0.15, 0.2) is 83.3 Å². The highest BCUT2D eigenvalue weighted by Gasteiger charge is 2.38. The average Bonchev–Trinajstić information content (AvgIpc) is 2.90. The molecule has 1 heteroatoms. The predicted octanol–water partition coefficient (Wildman–Crippen LogP) is 7.58. The Morgan fingerprint density at radius 1 is 0.731 bits per heavy atom. The van der Waals surface area contributed by atoms with Crippen molar-refractivity contribution in [2.45, 2.75) is 19.3 Å². The van der Waals surface area contributed by atoms with Crippen LogP contribution in [0.4, 0.5) is 0 Å². The zero-order valence-corrected chi connectivity index (χ0v) is 16.5. The summed E-state index contributed by atoms with van der Waals surface area (Å²) in [6, 6.07) is 28.6. The maximum Gasteiger partial charge on any atom is 0.0178 e. The largest absolute Gasteiger partial charge is 0.0622 e. The van der Waals surface area contributed by atoms with E-state index in [-0.39, 0.29) is 5.41 Å². The molecule has 5 rings (SSSR count). The second kappa shape index (κ2) is 5.56. The normalized spacial score (nSPS) is 14.3. The molecule has 0 nitrogen and oxygen atoms in total. The van der Waals surface area contributed by atoms with Gasteiger partial charge in [0.1, 0.15) is 0 Å². The fraction of sp³-hybridized carbons (Fsp3) is 0.120. The summed E-state index contributed by atoms with van der Waals surface area (Å²) in [5, 5.41) is 2.65. The van der Waals surface area contributed by atoms with Crippen molar-refractivity contribution >= 4 is 26.7 Å². The molecule has 4 aromatic carbocycles. The van der Waals surface area contributed by atoms with Crippen LogP contribution >= 0.6 is 15.9 Å². The summed E-state index contributed by atoms with van der Waals surface area (Å²) >= 11 is 3.67. The molecule has 0 radical (unpaired) electrons. The number of benzene rings is 4. The molecule has 1 aliphatic rings. The van der Waals surface area contributed by atoms with Crippen LogP contribution < -0.4 is 0 Å². The van der Waals surface area contributed by atoms with Gasteiger partial charge in [0.05, 0.1) is 0 Å². The van der Waals surface area contributed by atoms with Gasteiger partial charge >= 0.3 is 0 Å². The van der Waals surface area contributed by atoms with Crippen LogP contribution in [0.2, 0.25) is 0 Å². The Labute approximate surface area is 162 Å². The van der Waals surface area contributed by atoms with Crippen LogP contribution in [0.3, 0.4) is 0 Å². The molecule has 0 bridgehead atoms. The molecule has 0 aromatic heterocycles. The third-order valence-corrected chi connectivity index (χ3v) is 6.18. The van der Waals surface area contributed by atoms with E-state index in [1.807, 2.05) is 0 Å². The number of hydrogen-bond donors (Lipinski definition) is 0. The van der Waals surface area contributed by atoms with Crippen LogP contribution in [0.1, 0.15) is 25.0 Å². The molecule has 0 saturated heterocycles. The second-order valence-corrected chi connectivity index (χ2v) is 8.49. The number of fused-ring (bicyclic) bond motifs is 5. The zero-order valence-electron chi connectivity index (χ0n) is 14.9. The van der Waals surface area contributed by atoms with E-state index in [0.29, 0.717) is 0 Å². The van der Waals surface area contributed by atoms with Gasteiger partial charge in [0.15, 0.2) is 0 Å². The molecule has 0 N–H and O–H groups in total. The Balaban J connectivity index is 1.98. The van der Waals surface area contributed by atoms with Crippen molar-refractivity contribution in [2.75, 3.05) is 0 Å². The SMILES string of the molecule is CC1(C)c2cc(Br)ccc2-c2c1c(-c1ccccc1)cc1ccccc21. The first-order chi connectivity index (χ1) is 12.6. The molecule has 0 saturated carbocycles. The van der Waals surface area contributed by atoms with Gasteiger partial charge in [0, 0.05) is 9.89 Å². The lowest BCUT2D eigenvalue weighted by atomic mass is 9.78. The maximum atomic E-state index is 3.67. The molecule has 0 spiro atoms. The molecule has 126 valence electrons. The quantitative estimate of drug-likeness (QED) is 0.310. The Hall–Kier alpha value is -2.38. The number of halogens is 1. The Kier molecular flexibility index (Phi) is 3.39. The van der Waals surface area contributed by atoms with Crippen LogP contribution in [0, 0.1) is 0 Å². The summed E-state index contributed by atoms with van der Waals surface area (Å²) in [5.41, 5.74) is 8.19. The van der Waals surface area contributed by atoms with E-state index >= 15 is 0 Å². The molecule has 0 fully saturated rings. The van der Waals surface area contributed by atoms with E-state index in [9.17, 15) is 0 Å². The van der Waals surface area contributed by atoms with Crippen molar-refractivity contribution in [3.63, 3.8) is 0 Å². The average molecular weight is 399 g/mol. The fourth-order valence-electron chi connectivity index (χ4n) is 4.51. The minimum Gasteiger partial charge on any atom is -0.0622 e. The summed E-state index contributed by atoms with van der Waals surface area (Å²) in [4.78, 5) is 0. The molecule has 1 aliphatic carbocycles. The van der Waals surface area contributed by atoms with Gasteiger partial charge in [-0.3, -0.25) is 0 Å². The van der Waals surface area contributed by atoms with E-state index < -0.39 is 0 Å². The van der Waals surface area contributed by atoms with Crippen molar-refractivity contribution in [1.29, 1.82) is 0 Å². The molecule has 26 heavy (non-hydrogen) atoms. The third kappa shape index (κ3) is 2.13. The van der Waals surface area contributed by atoms with E-state index in [4.69, 9.17) is 0 Å². The van der Waals surface area contributed by atoms with Crippen molar-refractivity contribution in [2.24, 2.45) is 0 Å². The summed E-state index contributed by atoms with van der Waals surface area (Å²) in [5.74, 6) is 0.